The fourth-order valence-corrected chi connectivity index (χ4v) is 2.77. The van der Waals surface area contributed by atoms with Crippen LogP contribution in [-0.2, 0) is 4.79 Å². The van der Waals surface area contributed by atoms with Crippen LogP contribution in [0.5, 0.6) is 0 Å². The van der Waals surface area contributed by atoms with Crippen molar-refractivity contribution in [1.82, 2.24) is 4.90 Å². The third-order valence-electron chi connectivity index (χ3n) is 4.18. The van der Waals surface area contributed by atoms with Gasteiger partial charge in [0.25, 0.3) is 0 Å². The summed E-state index contributed by atoms with van der Waals surface area (Å²) in [6.45, 7) is 4.46. The Kier molecular flexibility index (Phi) is 3.08. The number of nitrogens with zero attached hydrogens (tertiary/aromatic N) is 2. The average Bonchev–Trinajstić information content (AvgIpc) is 3.19. The Morgan fingerprint density at radius 3 is 2.67 bits per heavy atom. The first-order valence-corrected chi connectivity index (χ1v) is 6.76. The van der Waals surface area contributed by atoms with Crippen LogP contribution in [0.25, 0.3) is 0 Å². The number of anilines is 1. The Morgan fingerprint density at radius 2 is 2.00 bits per heavy atom. The van der Waals surface area contributed by atoms with E-state index < -0.39 is 0 Å². The van der Waals surface area contributed by atoms with Crippen molar-refractivity contribution < 1.29 is 4.79 Å². The molecule has 2 aliphatic rings. The summed E-state index contributed by atoms with van der Waals surface area (Å²) in [5, 5.41) is 0. The molecule has 0 radical (unpaired) electrons. The normalized spacial score (nSPS) is 28.2. The highest BCUT2D eigenvalue weighted by Crippen LogP contribution is 2.46. The lowest BCUT2D eigenvalue weighted by atomic mass is 10.1. The smallest absolute Gasteiger partial charge is 0.123 e. The largest absolute Gasteiger partial charge is 0.369 e. The maximum Gasteiger partial charge on any atom is 0.123 e. The average molecular weight is 244 g/mol. The summed E-state index contributed by atoms with van der Waals surface area (Å²) in [5.41, 5.74) is 2.65. The van der Waals surface area contributed by atoms with E-state index in [2.05, 4.69) is 41.1 Å². The van der Waals surface area contributed by atoms with Crippen molar-refractivity contribution in [2.75, 3.05) is 38.1 Å². The standard InChI is InChI=1S/C15H20N2O/c1-16-5-7-17(8-6-16)14-4-2-3-12(9-14)15-10-13(15)11-18/h2-4,9,11,13,15H,5-8,10H2,1H3. The molecule has 3 rings (SSSR count). The van der Waals surface area contributed by atoms with Gasteiger partial charge in [-0.2, -0.15) is 0 Å². The van der Waals surface area contributed by atoms with Crippen LogP contribution in [0.2, 0.25) is 0 Å². The van der Waals surface area contributed by atoms with Gasteiger partial charge in [0.2, 0.25) is 0 Å². The predicted molar refractivity (Wildman–Crippen MR) is 73.1 cm³/mol. The first-order chi connectivity index (χ1) is 8.78. The molecule has 96 valence electrons. The molecule has 0 spiro atoms. The molecule has 0 aromatic heterocycles. The van der Waals surface area contributed by atoms with Crippen LogP contribution in [0.15, 0.2) is 24.3 Å². The molecule has 3 nitrogen and oxygen atoms in total. The lowest BCUT2D eigenvalue weighted by molar-refractivity contribution is -0.108. The van der Waals surface area contributed by atoms with E-state index in [1.807, 2.05) is 0 Å². The van der Waals surface area contributed by atoms with Gasteiger partial charge < -0.3 is 14.6 Å². The Balaban J connectivity index is 1.73. The molecule has 0 N–H and O–H groups in total. The second kappa shape index (κ2) is 4.73. The van der Waals surface area contributed by atoms with Crippen molar-refractivity contribution in [2.45, 2.75) is 12.3 Å². The van der Waals surface area contributed by atoms with E-state index in [0.29, 0.717) is 5.92 Å². The summed E-state index contributed by atoms with van der Waals surface area (Å²) in [7, 11) is 2.17. The van der Waals surface area contributed by atoms with Gasteiger partial charge in [0.05, 0.1) is 0 Å². The molecule has 0 bridgehead atoms. The van der Waals surface area contributed by atoms with Gasteiger partial charge in [-0.1, -0.05) is 12.1 Å². The van der Waals surface area contributed by atoms with E-state index in [1.165, 1.54) is 11.3 Å². The van der Waals surface area contributed by atoms with Crippen molar-refractivity contribution in [1.29, 1.82) is 0 Å². The Bertz CT molecular complexity index is 438. The van der Waals surface area contributed by atoms with E-state index in [4.69, 9.17) is 0 Å². The van der Waals surface area contributed by atoms with Crippen molar-refractivity contribution in [2.24, 2.45) is 5.92 Å². The monoisotopic (exact) mass is 244 g/mol. The zero-order valence-corrected chi connectivity index (χ0v) is 10.9. The lowest BCUT2D eigenvalue weighted by Gasteiger charge is -2.34. The number of aldehydes is 1. The highest BCUT2D eigenvalue weighted by molar-refractivity contribution is 5.62. The molecule has 18 heavy (non-hydrogen) atoms. The van der Waals surface area contributed by atoms with Gasteiger partial charge in [-0.25, -0.2) is 0 Å². The van der Waals surface area contributed by atoms with E-state index in [-0.39, 0.29) is 5.92 Å². The fourth-order valence-electron chi connectivity index (χ4n) is 2.77. The summed E-state index contributed by atoms with van der Waals surface area (Å²) in [6.07, 6.45) is 2.14. The number of likely N-dealkylation sites (N-methyl/N-ethyl adjacent to an activating group) is 1. The van der Waals surface area contributed by atoms with Crippen LogP contribution in [0.4, 0.5) is 5.69 Å². The van der Waals surface area contributed by atoms with Crippen LogP contribution < -0.4 is 4.90 Å². The van der Waals surface area contributed by atoms with Gasteiger partial charge >= 0.3 is 0 Å². The van der Waals surface area contributed by atoms with Gasteiger partial charge in [-0.05, 0) is 37.1 Å². The molecule has 1 aromatic carbocycles. The maximum atomic E-state index is 10.8. The highest BCUT2D eigenvalue weighted by atomic mass is 16.1. The second-order valence-corrected chi connectivity index (χ2v) is 5.53. The molecule has 3 heteroatoms. The van der Waals surface area contributed by atoms with E-state index in [0.717, 1.165) is 38.9 Å². The number of piperazine rings is 1. The minimum Gasteiger partial charge on any atom is -0.369 e. The first kappa shape index (κ1) is 11.7. The molecule has 1 saturated heterocycles. The SMILES string of the molecule is CN1CCN(c2cccc(C3CC3C=O)c2)CC1. The van der Waals surface area contributed by atoms with E-state index >= 15 is 0 Å². The Hall–Kier alpha value is -1.35. The molecule has 0 amide bonds. The summed E-state index contributed by atoms with van der Waals surface area (Å²) in [5.74, 6) is 0.752. The zero-order valence-electron chi connectivity index (χ0n) is 10.9. The van der Waals surface area contributed by atoms with Crippen LogP contribution in [0, 0.1) is 5.92 Å². The fraction of sp³-hybridized carbons (Fsp3) is 0.533. The summed E-state index contributed by atoms with van der Waals surface area (Å²) < 4.78 is 0. The van der Waals surface area contributed by atoms with Crippen molar-refractivity contribution >= 4 is 12.0 Å². The van der Waals surface area contributed by atoms with Gasteiger partial charge in [0.15, 0.2) is 0 Å². The summed E-state index contributed by atoms with van der Waals surface area (Å²) >= 11 is 0. The molecule has 1 aliphatic heterocycles. The predicted octanol–water partition coefficient (Wildman–Crippen LogP) is 1.74. The topological polar surface area (TPSA) is 23.6 Å². The van der Waals surface area contributed by atoms with Gasteiger partial charge in [0.1, 0.15) is 6.29 Å². The molecule has 1 heterocycles. The number of hydrogen-bond donors (Lipinski definition) is 0. The molecular formula is C15H20N2O. The molecule has 1 aromatic rings. The quantitative estimate of drug-likeness (QED) is 0.757. The molecule has 2 unspecified atom stereocenters. The Labute approximate surface area is 108 Å². The van der Waals surface area contributed by atoms with Crippen molar-refractivity contribution in [3.05, 3.63) is 29.8 Å². The minimum atomic E-state index is 0.271. The summed E-state index contributed by atoms with van der Waals surface area (Å²) in [6, 6.07) is 8.75. The third-order valence-corrected chi connectivity index (χ3v) is 4.18. The molecule has 2 fully saturated rings. The Morgan fingerprint density at radius 1 is 1.22 bits per heavy atom. The second-order valence-electron chi connectivity index (χ2n) is 5.53. The number of benzene rings is 1. The van der Waals surface area contributed by atoms with Crippen LogP contribution in [-0.4, -0.2) is 44.4 Å². The zero-order chi connectivity index (χ0) is 12.5. The maximum absolute atomic E-state index is 10.8. The number of rotatable bonds is 3. The summed E-state index contributed by atoms with van der Waals surface area (Å²) in [4.78, 5) is 15.6. The lowest BCUT2D eigenvalue weighted by Crippen LogP contribution is -2.44. The van der Waals surface area contributed by atoms with E-state index in [9.17, 15) is 4.79 Å². The van der Waals surface area contributed by atoms with Gasteiger partial charge in [-0.3, -0.25) is 0 Å². The van der Waals surface area contributed by atoms with Crippen molar-refractivity contribution in [3.8, 4) is 0 Å². The van der Waals surface area contributed by atoms with Gasteiger partial charge in [-0.15, -0.1) is 0 Å². The highest BCUT2D eigenvalue weighted by Gasteiger charge is 2.38. The number of carbonyl (C=O) groups is 1. The first-order valence-electron chi connectivity index (χ1n) is 6.76. The van der Waals surface area contributed by atoms with E-state index in [1.54, 1.807) is 0 Å². The minimum absolute atomic E-state index is 0.271. The molecule has 1 aliphatic carbocycles. The third kappa shape index (κ3) is 2.27. The number of hydrogen-bond acceptors (Lipinski definition) is 3. The van der Waals surface area contributed by atoms with Crippen LogP contribution in [0.1, 0.15) is 17.9 Å². The molecule has 1 saturated carbocycles. The molecular weight excluding hydrogens is 224 g/mol. The molecule has 2 atom stereocenters. The van der Waals surface area contributed by atoms with Crippen molar-refractivity contribution in [3.63, 3.8) is 0 Å². The van der Waals surface area contributed by atoms with Crippen LogP contribution in [0.3, 0.4) is 0 Å². The van der Waals surface area contributed by atoms with Crippen LogP contribution >= 0.6 is 0 Å². The van der Waals surface area contributed by atoms with Gasteiger partial charge in [0, 0.05) is 37.8 Å². The number of carbonyl (C=O) groups excluding carboxylic acids is 1.